The Balaban J connectivity index is 1.69. The van der Waals surface area contributed by atoms with Crippen LogP contribution in [0.5, 0.6) is 0 Å². The minimum absolute atomic E-state index is 0.594. The molecule has 0 saturated heterocycles. The van der Waals surface area contributed by atoms with Gasteiger partial charge in [-0.25, -0.2) is 0 Å². The molecule has 5 nitrogen and oxygen atoms in total. The first-order valence-electron chi connectivity index (χ1n) is 8.39. The van der Waals surface area contributed by atoms with Crippen LogP contribution in [0.15, 0.2) is 59.1 Å². The fraction of sp³-hybridized carbons (Fsp3) is 0.300. The topological polar surface area (TPSA) is 51.4 Å². The van der Waals surface area contributed by atoms with Crippen molar-refractivity contribution in [3.8, 4) is 11.4 Å². The predicted octanol–water partition coefficient (Wildman–Crippen LogP) is 3.69. The van der Waals surface area contributed by atoms with Gasteiger partial charge in [0.25, 0.3) is 0 Å². The molecule has 0 fully saturated rings. The summed E-state index contributed by atoms with van der Waals surface area (Å²) in [7, 11) is 1.71. The van der Waals surface area contributed by atoms with Crippen molar-refractivity contribution in [3.05, 3.63) is 71.6 Å². The van der Waals surface area contributed by atoms with Gasteiger partial charge < -0.3 is 9.26 Å². The van der Waals surface area contributed by atoms with E-state index in [-0.39, 0.29) is 0 Å². The molecule has 1 aromatic heterocycles. The van der Waals surface area contributed by atoms with Crippen LogP contribution in [0.2, 0.25) is 0 Å². The Morgan fingerprint density at radius 3 is 2.48 bits per heavy atom. The monoisotopic (exact) mass is 337 g/mol. The molecular weight excluding hydrogens is 314 g/mol. The highest BCUT2D eigenvalue weighted by atomic mass is 16.5. The Bertz CT molecular complexity index is 769. The van der Waals surface area contributed by atoms with E-state index in [9.17, 15) is 0 Å². The molecule has 0 atom stereocenters. The maximum Gasteiger partial charge on any atom is 0.241 e. The Labute approximate surface area is 148 Å². The first-order valence-corrected chi connectivity index (χ1v) is 8.39. The van der Waals surface area contributed by atoms with E-state index in [0.29, 0.717) is 24.9 Å². The molecule has 0 N–H and O–H groups in total. The largest absolute Gasteiger partial charge is 0.383 e. The molecule has 0 aliphatic rings. The fourth-order valence-electron chi connectivity index (χ4n) is 2.61. The molecule has 1 heterocycles. The van der Waals surface area contributed by atoms with Crippen LogP contribution in [0.25, 0.3) is 11.4 Å². The lowest BCUT2D eigenvalue weighted by Crippen LogP contribution is -2.26. The van der Waals surface area contributed by atoms with E-state index in [2.05, 4.69) is 34.1 Å². The van der Waals surface area contributed by atoms with Crippen molar-refractivity contribution >= 4 is 0 Å². The quantitative estimate of drug-likeness (QED) is 0.627. The van der Waals surface area contributed by atoms with Crippen molar-refractivity contribution in [1.82, 2.24) is 15.0 Å². The Kier molecular flexibility index (Phi) is 5.93. The molecule has 5 heteroatoms. The average molecular weight is 337 g/mol. The van der Waals surface area contributed by atoms with Crippen molar-refractivity contribution < 1.29 is 9.26 Å². The molecule has 3 rings (SSSR count). The lowest BCUT2D eigenvalue weighted by Gasteiger charge is -2.20. The van der Waals surface area contributed by atoms with E-state index in [1.165, 1.54) is 11.1 Å². The van der Waals surface area contributed by atoms with Crippen molar-refractivity contribution in [1.29, 1.82) is 0 Å². The summed E-state index contributed by atoms with van der Waals surface area (Å²) < 4.78 is 10.7. The summed E-state index contributed by atoms with van der Waals surface area (Å²) in [6.07, 6.45) is 0. The number of rotatable bonds is 8. The van der Waals surface area contributed by atoms with Crippen LogP contribution in [0.4, 0.5) is 0 Å². The van der Waals surface area contributed by atoms with E-state index < -0.39 is 0 Å². The van der Waals surface area contributed by atoms with E-state index in [1.807, 2.05) is 42.5 Å². The second-order valence-corrected chi connectivity index (χ2v) is 6.07. The lowest BCUT2D eigenvalue weighted by molar-refractivity contribution is 0.131. The van der Waals surface area contributed by atoms with Crippen LogP contribution in [-0.2, 0) is 17.8 Å². The molecule has 0 aliphatic heterocycles. The standard InChI is InChI=1S/C20H23N3O2/c1-16-8-10-18(11-9-16)20-21-19(25-22-20)15-23(12-13-24-2)14-17-6-4-3-5-7-17/h3-11H,12-15H2,1-2H3. The van der Waals surface area contributed by atoms with Gasteiger partial charge in [-0.15, -0.1) is 0 Å². The van der Waals surface area contributed by atoms with E-state index in [4.69, 9.17) is 9.26 Å². The van der Waals surface area contributed by atoms with Crippen LogP contribution >= 0.6 is 0 Å². The summed E-state index contributed by atoms with van der Waals surface area (Å²) in [6, 6.07) is 18.5. The van der Waals surface area contributed by atoms with Crippen LogP contribution in [0, 0.1) is 6.92 Å². The summed E-state index contributed by atoms with van der Waals surface area (Å²) >= 11 is 0. The number of hydrogen-bond donors (Lipinski definition) is 0. The third-order valence-electron chi connectivity index (χ3n) is 4.00. The third-order valence-corrected chi connectivity index (χ3v) is 4.00. The SMILES string of the molecule is COCCN(Cc1ccccc1)Cc1nc(-c2ccc(C)cc2)no1. The number of hydrogen-bond acceptors (Lipinski definition) is 5. The van der Waals surface area contributed by atoms with Gasteiger partial charge in [0.1, 0.15) is 0 Å². The third kappa shape index (κ3) is 4.98. The molecule has 0 radical (unpaired) electrons. The zero-order chi connectivity index (χ0) is 17.5. The maximum absolute atomic E-state index is 5.45. The number of methoxy groups -OCH3 is 1. The number of aryl methyl sites for hydroxylation is 1. The highest BCUT2D eigenvalue weighted by molar-refractivity contribution is 5.54. The van der Waals surface area contributed by atoms with Gasteiger partial charge in [0.15, 0.2) is 0 Å². The Morgan fingerprint density at radius 1 is 1.00 bits per heavy atom. The molecule has 25 heavy (non-hydrogen) atoms. The van der Waals surface area contributed by atoms with Crippen molar-refractivity contribution in [3.63, 3.8) is 0 Å². The van der Waals surface area contributed by atoms with E-state index in [0.717, 1.165) is 18.7 Å². The summed E-state index contributed by atoms with van der Waals surface area (Å²) in [5.74, 6) is 1.24. The van der Waals surface area contributed by atoms with E-state index in [1.54, 1.807) is 7.11 Å². The minimum atomic E-state index is 0.594. The van der Waals surface area contributed by atoms with Gasteiger partial charge in [-0.05, 0) is 12.5 Å². The molecule has 0 bridgehead atoms. The van der Waals surface area contributed by atoms with Gasteiger partial charge in [0.2, 0.25) is 11.7 Å². The van der Waals surface area contributed by atoms with Gasteiger partial charge >= 0.3 is 0 Å². The van der Waals surface area contributed by atoms with Crippen molar-refractivity contribution in [2.45, 2.75) is 20.0 Å². The van der Waals surface area contributed by atoms with Crippen LogP contribution in [0.3, 0.4) is 0 Å². The lowest BCUT2D eigenvalue weighted by atomic mass is 10.1. The molecule has 130 valence electrons. The van der Waals surface area contributed by atoms with Gasteiger partial charge in [0.05, 0.1) is 13.2 Å². The van der Waals surface area contributed by atoms with Gasteiger partial charge in [-0.3, -0.25) is 4.90 Å². The van der Waals surface area contributed by atoms with Gasteiger partial charge in [-0.2, -0.15) is 4.98 Å². The van der Waals surface area contributed by atoms with Crippen LogP contribution in [0.1, 0.15) is 17.0 Å². The molecule has 0 aliphatic carbocycles. The van der Waals surface area contributed by atoms with E-state index >= 15 is 0 Å². The highest BCUT2D eigenvalue weighted by Crippen LogP contribution is 2.17. The number of ether oxygens (including phenoxy) is 1. The zero-order valence-electron chi connectivity index (χ0n) is 14.7. The number of aromatic nitrogens is 2. The summed E-state index contributed by atoms with van der Waals surface area (Å²) in [6.45, 7) is 4.92. The summed E-state index contributed by atoms with van der Waals surface area (Å²) in [5.41, 5.74) is 3.42. The molecule has 0 spiro atoms. The van der Waals surface area contributed by atoms with Gasteiger partial charge in [0, 0.05) is 25.8 Å². The smallest absolute Gasteiger partial charge is 0.241 e. The van der Waals surface area contributed by atoms with Gasteiger partial charge in [-0.1, -0.05) is 65.3 Å². The predicted molar refractivity (Wildman–Crippen MR) is 96.9 cm³/mol. The van der Waals surface area contributed by atoms with Crippen LogP contribution in [-0.4, -0.2) is 35.3 Å². The summed E-state index contributed by atoms with van der Waals surface area (Å²) in [5, 5.41) is 4.11. The first kappa shape index (κ1) is 17.3. The summed E-state index contributed by atoms with van der Waals surface area (Å²) in [4.78, 5) is 6.78. The van der Waals surface area contributed by atoms with Crippen LogP contribution < -0.4 is 0 Å². The maximum atomic E-state index is 5.45. The molecule has 0 amide bonds. The molecular formula is C20H23N3O2. The molecule has 0 saturated carbocycles. The first-order chi connectivity index (χ1) is 12.2. The molecule has 3 aromatic rings. The number of nitrogens with zero attached hydrogens (tertiary/aromatic N) is 3. The normalized spacial score (nSPS) is 11.2. The second-order valence-electron chi connectivity index (χ2n) is 6.07. The molecule has 0 unspecified atom stereocenters. The second kappa shape index (κ2) is 8.55. The highest BCUT2D eigenvalue weighted by Gasteiger charge is 2.13. The van der Waals surface area contributed by atoms with Crippen molar-refractivity contribution in [2.24, 2.45) is 0 Å². The average Bonchev–Trinajstić information content (AvgIpc) is 3.09. The van der Waals surface area contributed by atoms with Crippen molar-refractivity contribution in [2.75, 3.05) is 20.3 Å². The Hall–Kier alpha value is -2.50. The number of benzene rings is 2. The Morgan fingerprint density at radius 2 is 1.76 bits per heavy atom. The molecule has 2 aromatic carbocycles. The fourth-order valence-corrected chi connectivity index (χ4v) is 2.61. The zero-order valence-corrected chi connectivity index (χ0v) is 14.7. The minimum Gasteiger partial charge on any atom is -0.383 e.